The molecule has 2 aromatic carbocycles. The number of benzene rings is 2. The van der Waals surface area contributed by atoms with Crippen molar-refractivity contribution in [3.63, 3.8) is 0 Å². The minimum atomic E-state index is -3.74. The highest BCUT2D eigenvalue weighted by Crippen LogP contribution is 2.19. The Morgan fingerprint density at radius 2 is 1.77 bits per heavy atom. The Balaban J connectivity index is 1.77. The number of dihydropyridines is 1. The average molecular weight is 373 g/mol. The molecule has 1 atom stereocenters. The fourth-order valence-electron chi connectivity index (χ4n) is 2.40. The highest BCUT2D eigenvalue weighted by Gasteiger charge is 2.22. The van der Waals surface area contributed by atoms with Gasteiger partial charge in [0.1, 0.15) is 17.7 Å². The number of ether oxygens (including phenoxy) is 1. The predicted molar refractivity (Wildman–Crippen MR) is 99.2 cm³/mol. The Hall–Kier alpha value is -3.13. The molecule has 8 heteroatoms. The Bertz CT molecular complexity index is 920. The average Bonchev–Trinajstić information content (AvgIpc) is 2.65. The van der Waals surface area contributed by atoms with Gasteiger partial charge in [-0.1, -0.05) is 0 Å². The minimum absolute atomic E-state index is 0.136. The van der Waals surface area contributed by atoms with Crippen LogP contribution in [0.15, 0.2) is 77.5 Å². The molecule has 1 heterocycles. The molecule has 0 spiro atoms. The van der Waals surface area contributed by atoms with Crippen LogP contribution in [0.5, 0.6) is 11.5 Å². The third kappa shape index (κ3) is 4.09. The second-order valence-electron chi connectivity index (χ2n) is 5.55. The van der Waals surface area contributed by atoms with E-state index in [0.29, 0.717) is 11.4 Å². The topological polar surface area (TPSA) is 99.7 Å². The number of hydrogen-bond acceptors (Lipinski definition) is 6. The van der Waals surface area contributed by atoms with E-state index < -0.39 is 16.2 Å². The van der Waals surface area contributed by atoms with Gasteiger partial charge in [-0.25, -0.2) is 8.42 Å². The van der Waals surface area contributed by atoms with E-state index in [0.717, 1.165) is 5.69 Å². The zero-order valence-electron chi connectivity index (χ0n) is 14.0. The number of anilines is 1. The Labute approximate surface area is 152 Å². The molecule has 0 aliphatic carbocycles. The van der Waals surface area contributed by atoms with Crippen molar-refractivity contribution >= 4 is 15.7 Å². The molecule has 1 aliphatic rings. The van der Waals surface area contributed by atoms with E-state index in [1.807, 2.05) is 0 Å². The fraction of sp³-hybridized carbons (Fsp3) is 0.111. The minimum Gasteiger partial charge on any atom is -0.508 e. The molecule has 0 bridgehead atoms. The molecule has 3 rings (SSSR count). The van der Waals surface area contributed by atoms with E-state index in [1.165, 1.54) is 19.2 Å². The summed E-state index contributed by atoms with van der Waals surface area (Å²) >= 11 is 0. The van der Waals surface area contributed by atoms with Crippen LogP contribution in [0.3, 0.4) is 0 Å². The van der Waals surface area contributed by atoms with Gasteiger partial charge in [-0.15, -0.1) is 0 Å². The number of hydrogen-bond donors (Lipinski definition) is 4. The van der Waals surface area contributed by atoms with E-state index in [1.54, 1.807) is 54.8 Å². The van der Waals surface area contributed by atoms with E-state index in [2.05, 4.69) is 15.4 Å². The van der Waals surface area contributed by atoms with Gasteiger partial charge in [-0.2, -0.15) is 0 Å². The van der Waals surface area contributed by atoms with Crippen molar-refractivity contribution in [1.29, 1.82) is 0 Å². The molecule has 0 aromatic heterocycles. The van der Waals surface area contributed by atoms with Gasteiger partial charge in [0.15, 0.2) is 0 Å². The van der Waals surface area contributed by atoms with Crippen LogP contribution in [0, 0.1) is 0 Å². The smallest absolute Gasteiger partial charge is 0.261 e. The van der Waals surface area contributed by atoms with Crippen molar-refractivity contribution in [3.05, 3.63) is 72.6 Å². The SMILES string of the molecule is COc1ccc(S(=O)(=O)NC2=CC=CNC2Nc2ccc(O)cc2)cc1. The Morgan fingerprint density at radius 3 is 2.42 bits per heavy atom. The first-order valence-corrected chi connectivity index (χ1v) is 9.31. The number of allylic oxidation sites excluding steroid dienone is 2. The van der Waals surface area contributed by atoms with E-state index >= 15 is 0 Å². The molecule has 0 radical (unpaired) electrons. The summed E-state index contributed by atoms with van der Waals surface area (Å²) in [7, 11) is -2.22. The van der Waals surface area contributed by atoms with Crippen molar-refractivity contribution in [2.45, 2.75) is 11.1 Å². The van der Waals surface area contributed by atoms with Gasteiger partial charge < -0.3 is 20.5 Å². The number of methoxy groups -OCH3 is 1. The lowest BCUT2D eigenvalue weighted by molar-refractivity contribution is 0.414. The van der Waals surface area contributed by atoms with E-state index in [-0.39, 0.29) is 10.6 Å². The lowest BCUT2D eigenvalue weighted by Gasteiger charge is -2.26. The molecular formula is C18H19N3O4S. The van der Waals surface area contributed by atoms with Crippen LogP contribution in [-0.2, 0) is 10.0 Å². The molecular weight excluding hydrogens is 354 g/mol. The van der Waals surface area contributed by atoms with E-state index in [9.17, 15) is 13.5 Å². The summed E-state index contributed by atoms with van der Waals surface area (Å²) in [4.78, 5) is 0.136. The molecule has 0 saturated heterocycles. The molecule has 7 nitrogen and oxygen atoms in total. The van der Waals surface area contributed by atoms with Gasteiger partial charge in [0.05, 0.1) is 17.7 Å². The Kier molecular flexibility index (Phi) is 5.04. The van der Waals surface area contributed by atoms with Crippen LogP contribution in [0.2, 0.25) is 0 Å². The molecule has 1 unspecified atom stereocenters. The zero-order chi connectivity index (χ0) is 18.6. The summed E-state index contributed by atoms with van der Waals surface area (Å²) in [6, 6.07) is 12.6. The maximum atomic E-state index is 12.6. The van der Waals surface area contributed by atoms with Gasteiger partial charge in [-0.3, -0.25) is 4.72 Å². The third-order valence-corrected chi connectivity index (χ3v) is 5.14. The first-order valence-electron chi connectivity index (χ1n) is 7.83. The van der Waals surface area contributed by atoms with Crippen LogP contribution < -0.4 is 20.1 Å². The van der Waals surface area contributed by atoms with Gasteiger partial charge in [0, 0.05) is 5.69 Å². The van der Waals surface area contributed by atoms with Crippen molar-refractivity contribution in [1.82, 2.24) is 10.0 Å². The van der Waals surface area contributed by atoms with Crippen molar-refractivity contribution in [2.75, 3.05) is 12.4 Å². The number of rotatable bonds is 6. The highest BCUT2D eigenvalue weighted by molar-refractivity contribution is 7.89. The van der Waals surface area contributed by atoms with Crippen molar-refractivity contribution in [2.24, 2.45) is 0 Å². The standard InChI is InChI=1S/C18H19N3O4S/c1-25-15-8-10-16(11-9-15)26(23,24)21-17-3-2-12-19-18(17)20-13-4-6-14(22)7-5-13/h2-12,18-22H,1H3. The number of phenols is 1. The maximum absolute atomic E-state index is 12.6. The predicted octanol–water partition coefficient (Wildman–Crippen LogP) is 2.12. The highest BCUT2D eigenvalue weighted by atomic mass is 32.2. The molecule has 4 N–H and O–H groups in total. The molecule has 2 aromatic rings. The summed E-state index contributed by atoms with van der Waals surface area (Å²) in [5, 5.41) is 15.6. The molecule has 1 aliphatic heterocycles. The number of nitrogens with one attached hydrogen (secondary N) is 3. The van der Waals surface area contributed by atoms with Crippen LogP contribution >= 0.6 is 0 Å². The van der Waals surface area contributed by atoms with E-state index in [4.69, 9.17) is 4.74 Å². The number of phenolic OH excluding ortho intramolecular Hbond substituents is 1. The monoisotopic (exact) mass is 373 g/mol. The van der Waals surface area contributed by atoms with Gasteiger partial charge >= 0.3 is 0 Å². The van der Waals surface area contributed by atoms with Gasteiger partial charge in [-0.05, 0) is 66.9 Å². The zero-order valence-corrected chi connectivity index (χ0v) is 14.8. The Morgan fingerprint density at radius 1 is 1.08 bits per heavy atom. The summed E-state index contributed by atoms with van der Waals surface area (Å²) in [5.41, 5.74) is 1.17. The molecule has 0 fully saturated rings. The number of sulfonamides is 1. The summed E-state index contributed by atoms with van der Waals surface area (Å²) in [6.45, 7) is 0. The normalized spacial score (nSPS) is 16.3. The maximum Gasteiger partial charge on any atom is 0.261 e. The lowest BCUT2D eigenvalue weighted by Crippen LogP contribution is -2.43. The van der Waals surface area contributed by atoms with Crippen LogP contribution in [0.1, 0.15) is 0 Å². The van der Waals surface area contributed by atoms with Crippen LogP contribution in [-0.4, -0.2) is 26.8 Å². The summed E-state index contributed by atoms with van der Waals surface area (Å²) < 4.78 is 32.9. The first kappa shape index (κ1) is 17.7. The third-order valence-electron chi connectivity index (χ3n) is 3.75. The quantitative estimate of drug-likeness (QED) is 0.579. The largest absolute Gasteiger partial charge is 0.508 e. The molecule has 0 saturated carbocycles. The van der Waals surface area contributed by atoms with Crippen LogP contribution in [0.4, 0.5) is 5.69 Å². The van der Waals surface area contributed by atoms with Gasteiger partial charge in [0.2, 0.25) is 0 Å². The molecule has 0 amide bonds. The fourth-order valence-corrected chi connectivity index (χ4v) is 3.50. The number of aromatic hydroxyl groups is 1. The first-order chi connectivity index (χ1) is 12.5. The second-order valence-corrected chi connectivity index (χ2v) is 7.24. The van der Waals surface area contributed by atoms with Gasteiger partial charge in [0.25, 0.3) is 10.0 Å². The summed E-state index contributed by atoms with van der Waals surface area (Å²) in [5.74, 6) is 0.736. The molecule has 26 heavy (non-hydrogen) atoms. The van der Waals surface area contributed by atoms with Crippen molar-refractivity contribution < 1.29 is 18.3 Å². The lowest BCUT2D eigenvalue weighted by atomic mass is 10.2. The van der Waals surface area contributed by atoms with Crippen molar-refractivity contribution in [3.8, 4) is 11.5 Å². The molecule has 136 valence electrons. The van der Waals surface area contributed by atoms with Crippen LogP contribution in [0.25, 0.3) is 0 Å². The summed E-state index contributed by atoms with van der Waals surface area (Å²) in [6.07, 6.45) is 4.62. The second kappa shape index (κ2) is 7.40.